The van der Waals surface area contributed by atoms with Gasteiger partial charge in [-0.15, -0.1) is 0 Å². The standard InChI is InChI=1S/C62H125N25O14/c1-39(2)37-40(46(88)54(95)87-98)48(89)86-47(61(3,4)5)55(96)79-32-15-33-99-35-36-101-38-100-34-16-31-78-53(94)45(85-56(97)62(74,23-14-30-83-60(72)73)22-7-9-25-75-49(90)41(63)17-10-27-80-57(66)67)20-6-8-24-77-52(93)44(84-51(92)43(65)19-12-29-82-59(70)71)21-13-26-76-50(91)42(64)18-11-28-81-58(68)69/h39-47,88,98H,6-38,63-65,74H2,1-5H3,(H,75,90)(H,76,91)(H,77,93)(H,78,94)(H,79,96)(H,84,92)(H,85,97)(H,86,89)(H,87,95)(H4,66,67,80)(H4,68,69,81)(H4,70,71,82)(H4,72,73,83)/t40-,41-,42+,43-,44+,45+,46+,47+,62+/m1/s1. The van der Waals surface area contributed by atoms with Crippen molar-refractivity contribution in [2.75, 3.05) is 92.1 Å². The molecule has 0 fully saturated rings. The van der Waals surface area contributed by atoms with Gasteiger partial charge in [-0.05, 0) is 133 Å². The van der Waals surface area contributed by atoms with Crippen LogP contribution in [0, 0.1) is 17.3 Å². The molecule has 9 atom stereocenters. The van der Waals surface area contributed by atoms with Gasteiger partial charge in [-0.25, -0.2) is 5.48 Å². The molecule has 39 nitrogen and oxygen atoms in total. The molecule has 0 unspecified atom stereocenters. The number of nitrogens with one attached hydrogen (secondary N) is 9. The topological polar surface area (TPSA) is 692 Å². The van der Waals surface area contributed by atoms with Gasteiger partial charge in [-0.3, -0.25) is 68.3 Å². The van der Waals surface area contributed by atoms with Crippen molar-refractivity contribution < 1.29 is 67.7 Å². The quantitative estimate of drug-likeness (QED) is 0.00672. The molecular weight excluding hydrogens is 1320 g/mol. The summed E-state index contributed by atoms with van der Waals surface area (Å²) in [5, 5.41) is 41.8. The van der Waals surface area contributed by atoms with Gasteiger partial charge in [0.25, 0.3) is 5.91 Å². The number of aliphatic hydroxyl groups is 1. The number of unbranched alkanes of at least 4 members (excludes halogenated alkanes) is 2. The summed E-state index contributed by atoms with van der Waals surface area (Å²) in [6.07, 6.45) is 3.71. The zero-order valence-corrected chi connectivity index (χ0v) is 60.0. The Morgan fingerprint density at radius 1 is 0.426 bits per heavy atom. The summed E-state index contributed by atoms with van der Waals surface area (Å²) >= 11 is 0. The van der Waals surface area contributed by atoms with Gasteiger partial charge in [-0.1, -0.05) is 34.6 Å². The fourth-order valence-corrected chi connectivity index (χ4v) is 9.84. The Morgan fingerprint density at radius 2 is 0.822 bits per heavy atom. The minimum atomic E-state index is -1.83. The lowest BCUT2D eigenvalue weighted by Crippen LogP contribution is -2.59. The van der Waals surface area contributed by atoms with E-state index in [9.17, 15) is 48.3 Å². The molecule has 0 bridgehead atoms. The molecule has 0 saturated heterocycles. The smallest absolute Gasteiger partial charge is 0.272 e. The number of carbonyl (C=O) groups is 9. The van der Waals surface area contributed by atoms with Crippen LogP contribution in [0.2, 0.25) is 0 Å². The van der Waals surface area contributed by atoms with Crippen molar-refractivity contribution in [1.29, 1.82) is 0 Å². The number of nitrogens with two attached hydrogens (primary N) is 12. The van der Waals surface area contributed by atoms with Crippen LogP contribution in [-0.2, 0) is 57.4 Å². The Balaban J connectivity index is 5.98. The molecule has 0 aromatic heterocycles. The summed E-state index contributed by atoms with van der Waals surface area (Å²) in [6.45, 7) is 11.4. The molecule has 101 heavy (non-hydrogen) atoms. The molecule has 0 aliphatic heterocycles. The number of hydrogen-bond acceptors (Lipinski definition) is 22. The zero-order valence-electron chi connectivity index (χ0n) is 60.0. The lowest BCUT2D eigenvalue weighted by Gasteiger charge is -2.32. The maximum Gasteiger partial charge on any atom is 0.272 e. The highest BCUT2D eigenvalue weighted by Crippen LogP contribution is 2.23. The molecular formula is C62H125N25O14. The Morgan fingerprint density at radius 3 is 1.31 bits per heavy atom. The Kier molecular flexibility index (Phi) is 49.5. The van der Waals surface area contributed by atoms with Crippen molar-refractivity contribution in [3.05, 3.63) is 0 Å². The maximum atomic E-state index is 14.4. The van der Waals surface area contributed by atoms with Crippen molar-refractivity contribution in [3.63, 3.8) is 0 Å². The predicted molar refractivity (Wildman–Crippen MR) is 383 cm³/mol. The van der Waals surface area contributed by atoms with E-state index < -0.39 is 106 Å². The van der Waals surface area contributed by atoms with E-state index in [4.69, 9.17) is 88.2 Å². The highest BCUT2D eigenvalue weighted by Gasteiger charge is 2.39. The Hall–Kier alpha value is -8.05. The van der Waals surface area contributed by atoms with Crippen LogP contribution in [0.15, 0.2) is 20.0 Å². The summed E-state index contributed by atoms with van der Waals surface area (Å²) in [5.74, 6) is -7.09. The molecule has 9 amide bonds. The number of amides is 9. The van der Waals surface area contributed by atoms with E-state index in [0.29, 0.717) is 90.1 Å². The number of carbonyl (C=O) groups excluding carboxylic acids is 9. The van der Waals surface area contributed by atoms with E-state index in [-0.39, 0.29) is 160 Å². The van der Waals surface area contributed by atoms with Crippen LogP contribution in [-0.4, -0.2) is 227 Å². The Bertz CT molecular complexity index is 2570. The first-order chi connectivity index (χ1) is 47.7. The second kappa shape index (κ2) is 53.8. The van der Waals surface area contributed by atoms with Gasteiger partial charge < -0.3 is 131 Å². The third kappa shape index (κ3) is 45.4. The van der Waals surface area contributed by atoms with Gasteiger partial charge in [0.2, 0.25) is 47.3 Å². The lowest BCUT2D eigenvalue weighted by molar-refractivity contribution is -0.147. The molecule has 0 aliphatic carbocycles. The van der Waals surface area contributed by atoms with Crippen LogP contribution in [0.4, 0.5) is 0 Å². The average molecular weight is 1440 g/mol. The van der Waals surface area contributed by atoms with E-state index in [1.54, 1.807) is 34.6 Å². The molecule has 0 radical (unpaired) electrons. The normalized spacial score (nSPS) is 14.3. The first-order valence-corrected chi connectivity index (χ1v) is 34.6. The Labute approximate surface area is 593 Å². The molecule has 582 valence electrons. The van der Waals surface area contributed by atoms with Gasteiger partial charge in [0.15, 0.2) is 23.8 Å². The van der Waals surface area contributed by atoms with Gasteiger partial charge >= 0.3 is 0 Å². The van der Waals surface area contributed by atoms with Gasteiger partial charge in [0.1, 0.15) is 31.0 Å². The fraction of sp³-hybridized carbons (Fsp3) is 0.790. The van der Waals surface area contributed by atoms with E-state index in [1.165, 1.54) is 5.48 Å². The van der Waals surface area contributed by atoms with E-state index in [0.717, 1.165) is 0 Å². The summed E-state index contributed by atoms with van der Waals surface area (Å²) in [4.78, 5) is 135. The largest absolute Gasteiger partial charge is 0.382 e. The highest BCUT2D eigenvalue weighted by molar-refractivity contribution is 5.94. The van der Waals surface area contributed by atoms with Crippen molar-refractivity contribution in [1.82, 2.24) is 48.0 Å². The average Bonchev–Trinajstić information content (AvgIpc) is 0.843. The number of ether oxygens (including phenoxy) is 3. The summed E-state index contributed by atoms with van der Waals surface area (Å²) in [5.41, 5.74) is 67.8. The predicted octanol–water partition coefficient (Wildman–Crippen LogP) is -6.60. The molecule has 0 saturated carbocycles. The second-order valence-corrected chi connectivity index (χ2v) is 26.1. The number of hydrogen-bond donors (Lipinski definition) is 23. The number of nitrogens with zero attached hydrogens (tertiary/aromatic N) is 4. The zero-order chi connectivity index (χ0) is 76.3. The number of aliphatic hydroxyl groups excluding tert-OH is 1. The second-order valence-electron chi connectivity index (χ2n) is 26.1. The van der Waals surface area contributed by atoms with Crippen molar-refractivity contribution in [2.24, 2.45) is 106 Å². The van der Waals surface area contributed by atoms with Crippen LogP contribution in [0.1, 0.15) is 157 Å². The van der Waals surface area contributed by atoms with Gasteiger partial charge in [-0.2, -0.15) is 0 Å². The van der Waals surface area contributed by atoms with E-state index in [2.05, 4.69) is 62.5 Å². The molecule has 0 heterocycles. The first-order valence-electron chi connectivity index (χ1n) is 34.6. The third-order valence-electron chi connectivity index (χ3n) is 15.5. The van der Waals surface area contributed by atoms with E-state index in [1.807, 2.05) is 0 Å². The number of guanidine groups is 4. The molecule has 35 N–H and O–H groups in total. The number of rotatable bonds is 58. The van der Waals surface area contributed by atoms with Crippen molar-refractivity contribution in [3.8, 4) is 0 Å². The minimum absolute atomic E-state index is 0.0632. The van der Waals surface area contributed by atoms with Crippen LogP contribution >= 0.6 is 0 Å². The van der Waals surface area contributed by atoms with Gasteiger partial charge in [0.05, 0.1) is 49.4 Å². The third-order valence-corrected chi connectivity index (χ3v) is 15.5. The van der Waals surface area contributed by atoms with E-state index >= 15 is 0 Å². The lowest BCUT2D eigenvalue weighted by atomic mass is 9.84. The molecule has 39 heteroatoms. The van der Waals surface area contributed by atoms with Gasteiger partial charge in [0, 0.05) is 65.5 Å². The summed E-state index contributed by atoms with van der Waals surface area (Å²) < 4.78 is 16.8. The molecule has 0 aromatic carbocycles. The fourth-order valence-electron chi connectivity index (χ4n) is 9.84. The monoisotopic (exact) mass is 1440 g/mol. The molecule has 0 rings (SSSR count). The minimum Gasteiger partial charge on any atom is -0.382 e. The van der Waals surface area contributed by atoms with Crippen LogP contribution in [0.5, 0.6) is 0 Å². The van der Waals surface area contributed by atoms with Crippen LogP contribution in [0.25, 0.3) is 0 Å². The first kappa shape index (κ1) is 93.0. The van der Waals surface area contributed by atoms with Crippen LogP contribution < -0.4 is 117 Å². The molecule has 0 aromatic rings. The van der Waals surface area contributed by atoms with Crippen molar-refractivity contribution >= 4 is 77.0 Å². The SMILES string of the molecule is CC(C)C[C@@H](C(=O)N[C@@H](C(=O)NCCCOCCOCOCCCNC(=O)[C@H](CCCCNC(=O)[C@H](CCCNC(=O)[C@@H](N)CCCN=C(N)N)NC(=O)[C@H](N)CCCN=C(N)N)NC(=O)[C@](N)(CCCCNC(=O)[C@H](N)CCCN=C(N)N)CCCN=C(N)N)C(C)(C)C)[C@H](O)C(=O)NO. The summed E-state index contributed by atoms with van der Waals surface area (Å²) in [7, 11) is 0. The maximum absolute atomic E-state index is 14.4. The summed E-state index contributed by atoms with van der Waals surface area (Å²) in [6, 6.07) is -5.83. The van der Waals surface area contributed by atoms with Crippen molar-refractivity contribution in [2.45, 2.75) is 205 Å². The number of aliphatic imine (C=N–C) groups is 4. The molecule has 0 aliphatic rings. The molecule has 0 spiro atoms. The van der Waals surface area contributed by atoms with Crippen LogP contribution in [0.3, 0.4) is 0 Å². The highest BCUT2D eigenvalue weighted by atomic mass is 16.7. The number of hydroxylamine groups is 1.